The van der Waals surface area contributed by atoms with Crippen molar-refractivity contribution in [1.82, 2.24) is 4.90 Å². The highest BCUT2D eigenvalue weighted by Crippen LogP contribution is 2.30. The Hall–Kier alpha value is -2.96. The molecule has 0 aliphatic carbocycles. The molecule has 6 heteroatoms. The molecule has 0 aliphatic heterocycles. The molecule has 0 saturated carbocycles. The van der Waals surface area contributed by atoms with Crippen LogP contribution >= 0.6 is 11.8 Å². The Labute approximate surface area is 194 Å². The summed E-state index contributed by atoms with van der Waals surface area (Å²) in [7, 11) is 1.58. The lowest BCUT2D eigenvalue weighted by Gasteiger charge is -2.24. The first-order valence-corrected chi connectivity index (χ1v) is 11.8. The fourth-order valence-corrected chi connectivity index (χ4v) is 4.02. The second-order valence-electron chi connectivity index (χ2n) is 7.32. The van der Waals surface area contributed by atoms with E-state index in [4.69, 9.17) is 15.2 Å². The van der Waals surface area contributed by atoms with Crippen LogP contribution in [0.1, 0.15) is 27.9 Å². The summed E-state index contributed by atoms with van der Waals surface area (Å²) in [4.78, 5) is 16.4. The van der Waals surface area contributed by atoms with Gasteiger partial charge in [-0.1, -0.05) is 48.5 Å². The van der Waals surface area contributed by atoms with Crippen LogP contribution < -0.4 is 15.2 Å². The lowest BCUT2D eigenvalue weighted by molar-refractivity contribution is 0.0740. The number of ether oxygens (including phenoxy) is 2. The van der Waals surface area contributed by atoms with E-state index >= 15 is 0 Å². The van der Waals surface area contributed by atoms with Gasteiger partial charge in [0.05, 0.1) is 7.11 Å². The van der Waals surface area contributed by atoms with Gasteiger partial charge in [-0.15, -0.1) is 11.8 Å². The number of thioether (sulfide) groups is 1. The first-order chi connectivity index (χ1) is 15.7. The molecule has 0 saturated heterocycles. The van der Waals surface area contributed by atoms with E-state index in [1.165, 1.54) is 4.90 Å². The molecule has 0 fully saturated rings. The van der Waals surface area contributed by atoms with Crippen LogP contribution in [0.5, 0.6) is 11.5 Å². The molecule has 0 radical (unpaired) electrons. The van der Waals surface area contributed by atoms with E-state index in [9.17, 15) is 4.79 Å². The maximum absolute atomic E-state index is 13.4. The van der Waals surface area contributed by atoms with Crippen LogP contribution in [-0.4, -0.2) is 37.3 Å². The number of amides is 1. The molecule has 0 aliphatic rings. The van der Waals surface area contributed by atoms with Crippen LogP contribution in [0.25, 0.3) is 0 Å². The van der Waals surface area contributed by atoms with Gasteiger partial charge in [0.15, 0.2) is 11.5 Å². The van der Waals surface area contributed by atoms with Gasteiger partial charge in [-0.25, -0.2) is 0 Å². The van der Waals surface area contributed by atoms with Gasteiger partial charge in [0, 0.05) is 23.5 Å². The zero-order chi connectivity index (χ0) is 22.8. The smallest absolute Gasteiger partial charge is 0.254 e. The number of methoxy groups -OCH3 is 1. The Morgan fingerprint density at radius 3 is 2.47 bits per heavy atom. The Bertz CT molecular complexity index is 1010. The van der Waals surface area contributed by atoms with Crippen molar-refractivity contribution in [3.63, 3.8) is 0 Å². The standard InChI is InChI=1S/C26H30N2O3S/c1-30-24-17-21(13-14-23(24)31-19-20-9-4-3-5-10-20)26(29)28(16-8-15-27)18-22-11-6-7-12-25(22)32-2/h3-7,9-14,17H,8,15-16,18-19,27H2,1-2H3. The molecule has 2 N–H and O–H groups in total. The summed E-state index contributed by atoms with van der Waals surface area (Å²) < 4.78 is 11.5. The number of hydrogen-bond donors (Lipinski definition) is 1. The molecule has 0 spiro atoms. The fraction of sp³-hybridized carbons (Fsp3) is 0.269. The molecule has 3 aromatic carbocycles. The van der Waals surface area contributed by atoms with Gasteiger partial charge >= 0.3 is 0 Å². The number of benzene rings is 3. The molecule has 1 amide bonds. The minimum absolute atomic E-state index is 0.0535. The molecule has 168 valence electrons. The monoisotopic (exact) mass is 450 g/mol. The number of carbonyl (C=O) groups excluding carboxylic acids is 1. The average Bonchev–Trinajstić information content (AvgIpc) is 2.85. The maximum atomic E-state index is 13.4. The van der Waals surface area contributed by atoms with Gasteiger partial charge in [0.2, 0.25) is 0 Å². The van der Waals surface area contributed by atoms with E-state index < -0.39 is 0 Å². The van der Waals surface area contributed by atoms with Gasteiger partial charge in [-0.3, -0.25) is 4.79 Å². The second kappa shape index (κ2) is 12.2. The summed E-state index contributed by atoms with van der Waals surface area (Å²) in [6, 6.07) is 23.4. The molecule has 32 heavy (non-hydrogen) atoms. The van der Waals surface area contributed by atoms with Gasteiger partial charge < -0.3 is 20.1 Å². The molecule has 0 unspecified atom stereocenters. The van der Waals surface area contributed by atoms with Crippen molar-refractivity contribution < 1.29 is 14.3 Å². The van der Waals surface area contributed by atoms with Crippen molar-refractivity contribution in [2.24, 2.45) is 5.73 Å². The molecular weight excluding hydrogens is 420 g/mol. The first-order valence-electron chi connectivity index (χ1n) is 10.6. The SMILES string of the molecule is COc1cc(C(=O)N(CCCN)Cc2ccccc2SC)ccc1OCc1ccccc1. The summed E-state index contributed by atoms with van der Waals surface area (Å²) in [5.41, 5.74) is 8.49. The number of nitrogens with zero attached hydrogens (tertiary/aromatic N) is 1. The highest BCUT2D eigenvalue weighted by molar-refractivity contribution is 7.98. The number of carbonyl (C=O) groups is 1. The van der Waals surface area contributed by atoms with Gasteiger partial charge in [0.1, 0.15) is 6.61 Å². The van der Waals surface area contributed by atoms with Crippen molar-refractivity contribution in [2.45, 2.75) is 24.5 Å². The topological polar surface area (TPSA) is 64.8 Å². The van der Waals surface area contributed by atoms with E-state index in [-0.39, 0.29) is 5.91 Å². The third kappa shape index (κ3) is 6.28. The molecule has 0 aromatic heterocycles. The summed E-state index contributed by atoms with van der Waals surface area (Å²) in [5, 5.41) is 0. The molecule has 3 aromatic rings. The predicted molar refractivity (Wildman–Crippen MR) is 130 cm³/mol. The van der Waals surface area contributed by atoms with Crippen LogP contribution in [0.3, 0.4) is 0 Å². The van der Waals surface area contributed by atoms with Gasteiger partial charge in [-0.2, -0.15) is 0 Å². The minimum Gasteiger partial charge on any atom is -0.493 e. The summed E-state index contributed by atoms with van der Waals surface area (Å²) in [5.74, 6) is 1.09. The zero-order valence-electron chi connectivity index (χ0n) is 18.6. The normalized spacial score (nSPS) is 10.6. The quantitative estimate of drug-likeness (QED) is 0.417. The molecule has 0 atom stereocenters. The van der Waals surface area contributed by atoms with Crippen LogP contribution in [0.15, 0.2) is 77.7 Å². The van der Waals surface area contributed by atoms with E-state index in [0.29, 0.717) is 43.3 Å². The van der Waals surface area contributed by atoms with Crippen molar-refractivity contribution >= 4 is 17.7 Å². The Morgan fingerprint density at radius 1 is 1.00 bits per heavy atom. The molecule has 3 rings (SSSR count). The predicted octanol–water partition coefficient (Wildman–Crippen LogP) is 4.99. The average molecular weight is 451 g/mol. The Balaban J connectivity index is 1.79. The van der Waals surface area contributed by atoms with Gasteiger partial charge in [0.25, 0.3) is 5.91 Å². The fourth-order valence-electron chi connectivity index (χ4n) is 3.41. The van der Waals surface area contributed by atoms with Gasteiger partial charge in [-0.05, 0) is 54.6 Å². The van der Waals surface area contributed by atoms with E-state index in [2.05, 4.69) is 12.1 Å². The van der Waals surface area contributed by atoms with Crippen LogP contribution in [0.2, 0.25) is 0 Å². The van der Waals surface area contributed by atoms with Crippen molar-refractivity contribution in [1.29, 1.82) is 0 Å². The van der Waals surface area contributed by atoms with Crippen molar-refractivity contribution in [3.8, 4) is 11.5 Å². The number of nitrogens with two attached hydrogens (primary N) is 1. The van der Waals surface area contributed by atoms with E-state index in [1.807, 2.05) is 53.6 Å². The first kappa shape index (κ1) is 23.7. The van der Waals surface area contributed by atoms with Crippen LogP contribution in [0, 0.1) is 0 Å². The third-order valence-electron chi connectivity index (χ3n) is 5.12. The van der Waals surface area contributed by atoms with E-state index in [0.717, 1.165) is 17.5 Å². The van der Waals surface area contributed by atoms with Crippen LogP contribution in [-0.2, 0) is 13.2 Å². The summed E-state index contributed by atoms with van der Waals surface area (Å²) in [6.07, 6.45) is 2.78. The Kier molecular flexibility index (Phi) is 9.01. The van der Waals surface area contributed by atoms with E-state index in [1.54, 1.807) is 37.1 Å². The Morgan fingerprint density at radius 2 is 1.75 bits per heavy atom. The second-order valence-corrected chi connectivity index (χ2v) is 8.17. The summed E-state index contributed by atoms with van der Waals surface area (Å²) >= 11 is 1.68. The lowest BCUT2D eigenvalue weighted by atomic mass is 10.1. The highest BCUT2D eigenvalue weighted by atomic mass is 32.2. The molecule has 0 heterocycles. The van der Waals surface area contributed by atoms with Crippen molar-refractivity contribution in [2.75, 3.05) is 26.5 Å². The van der Waals surface area contributed by atoms with Crippen molar-refractivity contribution in [3.05, 3.63) is 89.5 Å². The third-order valence-corrected chi connectivity index (χ3v) is 5.96. The molecule has 5 nitrogen and oxygen atoms in total. The lowest BCUT2D eigenvalue weighted by Crippen LogP contribution is -2.32. The van der Waals surface area contributed by atoms with Crippen LogP contribution in [0.4, 0.5) is 0 Å². The number of hydrogen-bond acceptors (Lipinski definition) is 5. The minimum atomic E-state index is -0.0535. The molecular formula is C26H30N2O3S. The maximum Gasteiger partial charge on any atom is 0.254 e. The summed E-state index contributed by atoms with van der Waals surface area (Å²) in [6.45, 7) is 2.08. The highest BCUT2D eigenvalue weighted by Gasteiger charge is 2.19. The zero-order valence-corrected chi connectivity index (χ0v) is 19.4. The largest absolute Gasteiger partial charge is 0.493 e. The molecule has 0 bridgehead atoms. The number of rotatable bonds is 11.